The van der Waals surface area contributed by atoms with Crippen molar-refractivity contribution in [3.05, 3.63) is 34.9 Å². The summed E-state index contributed by atoms with van der Waals surface area (Å²) in [6.45, 7) is 5.81. The van der Waals surface area contributed by atoms with Crippen molar-refractivity contribution in [2.75, 3.05) is 13.1 Å². The highest BCUT2D eigenvalue weighted by Crippen LogP contribution is 2.31. The number of amides is 2. The normalized spacial score (nSPS) is 22.8. The predicted octanol–water partition coefficient (Wildman–Crippen LogP) is 1.86. The molecular formula is C20H29N3O3. The summed E-state index contributed by atoms with van der Waals surface area (Å²) in [7, 11) is 0. The van der Waals surface area contributed by atoms with Crippen LogP contribution in [-0.2, 0) is 22.4 Å². The van der Waals surface area contributed by atoms with Gasteiger partial charge < -0.3 is 10.6 Å². The van der Waals surface area contributed by atoms with Crippen molar-refractivity contribution in [2.24, 2.45) is 11.3 Å². The van der Waals surface area contributed by atoms with Gasteiger partial charge in [0.15, 0.2) is 0 Å². The number of benzene rings is 1. The first-order valence-electron chi connectivity index (χ1n) is 9.50. The molecule has 4 N–H and O–H groups in total. The Kier molecular flexibility index (Phi) is 5.63. The Morgan fingerprint density at radius 1 is 1.27 bits per heavy atom. The number of hydroxylamine groups is 1. The lowest BCUT2D eigenvalue weighted by Gasteiger charge is -2.34. The second-order valence-corrected chi connectivity index (χ2v) is 7.95. The van der Waals surface area contributed by atoms with Gasteiger partial charge in [0.2, 0.25) is 11.8 Å². The summed E-state index contributed by atoms with van der Waals surface area (Å²) in [6, 6.07) is 6.20. The molecule has 0 saturated carbocycles. The number of hydrogen-bond donors (Lipinski definition) is 4. The van der Waals surface area contributed by atoms with Gasteiger partial charge in [-0.1, -0.05) is 25.1 Å². The van der Waals surface area contributed by atoms with Crippen LogP contribution in [0.2, 0.25) is 0 Å². The van der Waals surface area contributed by atoms with Gasteiger partial charge >= 0.3 is 0 Å². The van der Waals surface area contributed by atoms with E-state index in [-0.39, 0.29) is 29.2 Å². The van der Waals surface area contributed by atoms with Crippen molar-refractivity contribution in [1.29, 1.82) is 0 Å². The molecule has 142 valence electrons. The number of carbonyl (C=O) groups is 2. The van der Waals surface area contributed by atoms with Gasteiger partial charge in [-0.25, -0.2) is 5.48 Å². The summed E-state index contributed by atoms with van der Waals surface area (Å²) in [5.41, 5.74) is 4.90. The zero-order valence-corrected chi connectivity index (χ0v) is 15.6. The van der Waals surface area contributed by atoms with Crippen LogP contribution in [0.3, 0.4) is 0 Å². The van der Waals surface area contributed by atoms with Gasteiger partial charge in [0, 0.05) is 11.3 Å². The molecule has 0 radical (unpaired) electrons. The molecule has 0 aromatic heterocycles. The van der Waals surface area contributed by atoms with E-state index in [4.69, 9.17) is 5.21 Å². The van der Waals surface area contributed by atoms with Gasteiger partial charge in [0.25, 0.3) is 0 Å². The first-order valence-corrected chi connectivity index (χ1v) is 9.50. The molecule has 0 spiro atoms. The fraction of sp³-hybridized carbons (Fsp3) is 0.600. The third-order valence-electron chi connectivity index (χ3n) is 6.04. The molecule has 1 aromatic rings. The minimum absolute atomic E-state index is 0.0773. The summed E-state index contributed by atoms with van der Waals surface area (Å²) in [4.78, 5) is 24.5. The molecule has 2 unspecified atom stereocenters. The van der Waals surface area contributed by atoms with Crippen LogP contribution in [0.5, 0.6) is 0 Å². The quantitative estimate of drug-likeness (QED) is 0.488. The highest BCUT2D eigenvalue weighted by Gasteiger charge is 2.35. The van der Waals surface area contributed by atoms with E-state index in [9.17, 15) is 9.59 Å². The maximum absolute atomic E-state index is 12.8. The summed E-state index contributed by atoms with van der Waals surface area (Å²) in [5.74, 6) is -0.399. The van der Waals surface area contributed by atoms with Crippen LogP contribution in [-0.4, -0.2) is 30.1 Å². The molecule has 1 fully saturated rings. The van der Waals surface area contributed by atoms with E-state index in [1.54, 1.807) is 5.48 Å². The first kappa shape index (κ1) is 18.9. The number of rotatable bonds is 4. The van der Waals surface area contributed by atoms with Gasteiger partial charge in [-0.2, -0.15) is 0 Å². The minimum atomic E-state index is -0.318. The summed E-state index contributed by atoms with van der Waals surface area (Å²) < 4.78 is 0. The zero-order valence-electron chi connectivity index (χ0n) is 15.6. The topological polar surface area (TPSA) is 90.5 Å². The molecule has 2 aliphatic rings. The van der Waals surface area contributed by atoms with Crippen molar-refractivity contribution < 1.29 is 14.8 Å². The Bertz CT molecular complexity index is 683. The van der Waals surface area contributed by atoms with Gasteiger partial charge in [0.05, 0.1) is 6.04 Å². The van der Waals surface area contributed by atoms with E-state index in [0.29, 0.717) is 6.42 Å². The van der Waals surface area contributed by atoms with Crippen molar-refractivity contribution in [1.82, 2.24) is 16.1 Å². The molecule has 1 aliphatic heterocycles. The lowest BCUT2D eigenvalue weighted by atomic mass is 9.79. The maximum Gasteiger partial charge on any atom is 0.246 e. The molecule has 1 aliphatic carbocycles. The van der Waals surface area contributed by atoms with Crippen molar-refractivity contribution in [3.63, 3.8) is 0 Å². The first-order chi connectivity index (χ1) is 12.4. The molecule has 6 heteroatoms. The van der Waals surface area contributed by atoms with E-state index in [2.05, 4.69) is 28.8 Å². The maximum atomic E-state index is 12.8. The Morgan fingerprint density at radius 3 is 2.69 bits per heavy atom. The van der Waals surface area contributed by atoms with Gasteiger partial charge in [0.1, 0.15) is 0 Å². The van der Waals surface area contributed by atoms with E-state index in [1.165, 1.54) is 5.56 Å². The number of fused-ring (bicyclic) bond motifs is 1. The molecular weight excluding hydrogens is 330 g/mol. The van der Waals surface area contributed by atoms with Crippen LogP contribution >= 0.6 is 0 Å². The number of piperidine rings is 1. The fourth-order valence-electron chi connectivity index (χ4n) is 4.02. The average Bonchev–Trinajstić information content (AvgIpc) is 2.66. The van der Waals surface area contributed by atoms with Crippen LogP contribution in [0, 0.1) is 11.3 Å². The van der Waals surface area contributed by atoms with Crippen LogP contribution in [0.1, 0.15) is 55.8 Å². The standard InChI is InChI=1S/C20H29N3O3/c1-13(22-19(25)20(2)7-9-21-10-8-20)15-5-3-14-4-6-16(18(24)23-26)12-17(14)11-15/h3,5,11,13,16,21,26H,4,6-10,12H2,1-2H3,(H,22,25)(H,23,24). The molecule has 1 saturated heterocycles. The molecule has 1 aromatic carbocycles. The Balaban J connectivity index is 1.69. The second kappa shape index (κ2) is 7.76. The zero-order chi connectivity index (χ0) is 18.7. The van der Waals surface area contributed by atoms with Crippen molar-refractivity contribution in [2.45, 2.75) is 52.0 Å². The predicted molar refractivity (Wildman–Crippen MR) is 98.7 cm³/mol. The molecule has 6 nitrogen and oxygen atoms in total. The highest BCUT2D eigenvalue weighted by molar-refractivity contribution is 5.82. The number of aryl methyl sites for hydroxylation is 1. The number of nitrogens with one attached hydrogen (secondary N) is 3. The Labute approximate surface area is 154 Å². The van der Waals surface area contributed by atoms with Gasteiger partial charge in [-0.3, -0.25) is 14.8 Å². The van der Waals surface area contributed by atoms with Crippen LogP contribution in [0.4, 0.5) is 0 Å². The average molecular weight is 359 g/mol. The second-order valence-electron chi connectivity index (χ2n) is 7.95. The molecule has 1 heterocycles. The molecule has 26 heavy (non-hydrogen) atoms. The lowest BCUT2D eigenvalue weighted by Crippen LogP contribution is -2.46. The number of carbonyl (C=O) groups excluding carboxylic acids is 2. The van der Waals surface area contributed by atoms with Crippen molar-refractivity contribution in [3.8, 4) is 0 Å². The van der Waals surface area contributed by atoms with Crippen LogP contribution in [0.25, 0.3) is 0 Å². The molecule has 2 atom stereocenters. The minimum Gasteiger partial charge on any atom is -0.349 e. The van der Waals surface area contributed by atoms with Crippen LogP contribution in [0.15, 0.2) is 18.2 Å². The van der Waals surface area contributed by atoms with Crippen molar-refractivity contribution >= 4 is 11.8 Å². The van der Waals surface area contributed by atoms with E-state index in [1.807, 2.05) is 13.8 Å². The van der Waals surface area contributed by atoms with E-state index in [0.717, 1.165) is 49.9 Å². The largest absolute Gasteiger partial charge is 0.349 e. The highest BCUT2D eigenvalue weighted by atomic mass is 16.5. The van der Waals surface area contributed by atoms with E-state index < -0.39 is 0 Å². The molecule has 3 rings (SSSR count). The Morgan fingerprint density at radius 2 is 2.00 bits per heavy atom. The van der Waals surface area contributed by atoms with Gasteiger partial charge in [-0.15, -0.1) is 0 Å². The van der Waals surface area contributed by atoms with E-state index >= 15 is 0 Å². The smallest absolute Gasteiger partial charge is 0.246 e. The SMILES string of the molecule is CC(NC(=O)C1(C)CCNCC1)c1ccc2c(c1)CC(C(=O)NO)CC2. The summed E-state index contributed by atoms with van der Waals surface area (Å²) >= 11 is 0. The Hall–Kier alpha value is -1.92. The summed E-state index contributed by atoms with van der Waals surface area (Å²) in [6.07, 6.45) is 3.91. The fourth-order valence-corrected chi connectivity index (χ4v) is 4.02. The molecule has 0 bridgehead atoms. The number of hydrogen-bond acceptors (Lipinski definition) is 4. The third-order valence-corrected chi connectivity index (χ3v) is 6.04. The monoisotopic (exact) mass is 359 g/mol. The summed E-state index contributed by atoms with van der Waals surface area (Å²) in [5, 5.41) is 15.3. The third kappa shape index (κ3) is 3.91. The lowest BCUT2D eigenvalue weighted by molar-refractivity contribution is -0.133. The van der Waals surface area contributed by atoms with Crippen LogP contribution < -0.4 is 16.1 Å². The molecule has 2 amide bonds. The van der Waals surface area contributed by atoms with Gasteiger partial charge in [-0.05, 0) is 68.8 Å².